The molecule has 1 aromatic rings. The largest absolute Gasteiger partial charge is 0.487 e. The molecule has 9 nitrogen and oxygen atoms in total. The van der Waals surface area contributed by atoms with E-state index in [0.717, 1.165) is 39.3 Å². The third kappa shape index (κ3) is 4.51. The zero-order chi connectivity index (χ0) is 21.2. The van der Waals surface area contributed by atoms with Crippen molar-refractivity contribution >= 4 is 18.0 Å². The van der Waals surface area contributed by atoms with Crippen molar-refractivity contribution in [2.45, 2.75) is 45.1 Å². The number of hydrogen-bond donors (Lipinski definition) is 0. The number of benzene rings is 1. The maximum atomic E-state index is 12.8. The van der Waals surface area contributed by atoms with E-state index in [0.29, 0.717) is 0 Å². The summed E-state index contributed by atoms with van der Waals surface area (Å²) in [4.78, 5) is 42.8. The van der Waals surface area contributed by atoms with Crippen LogP contribution in [0.5, 0.6) is 5.75 Å². The fourth-order valence-corrected chi connectivity index (χ4v) is 3.29. The number of hydrogen-bond acceptors (Lipinski definition) is 7. The van der Waals surface area contributed by atoms with Crippen LogP contribution in [0.15, 0.2) is 30.5 Å². The third-order valence-electron chi connectivity index (χ3n) is 4.62. The third-order valence-corrected chi connectivity index (χ3v) is 4.62. The Bertz CT molecular complexity index is 849. The number of esters is 2. The molecule has 0 aromatic heterocycles. The van der Waals surface area contributed by atoms with Crippen molar-refractivity contribution in [3.8, 4) is 5.75 Å². The number of urea groups is 1. The normalized spacial score (nSPS) is 20.0. The second kappa shape index (κ2) is 8.12. The molecule has 0 radical (unpaired) electrons. The van der Waals surface area contributed by atoms with Gasteiger partial charge in [0.15, 0.2) is 6.23 Å². The van der Waals surface area contributed by atoms with E-state index >= 15 is 0 Å². The molecule has 0 spiro atoms. The van der Waals surface area contributed by atoms with Crippen molar-refractivity contribution < 1.29 is 33.4 Å². The lowest BCUT2D eigenvalue weighted by molar-refractivity contribution is -0.163. The van der Waals surface area contributed by atoms with Gasteiger partial charge in [0.2, 0.25) is 0 Å². The van der Waals surface area contributed by atoms with Gasteiger partial charge in [-0.2, -0.15) is 5.06 Å². The minimum Gasteiger partial charge on any atom is -0.487 e. The Morgan fingerprint density at radius 1 is 1.28 bits per heavy atom. The Labute approximate surface area is 168 Å². The standard InChI is InChI=1S/C20H24N2O7/c1-20(2)11-13-6-5-7-14(18(13)28-20)12-22-19(25)21(9-8-16(23)26-3)15(29-22)10-17(24)27-4/h5-9,15H,10-12H2,1-4H3/b9-8+. The van der Waals surface area contributed by atoms with Gasteiger partial charge in [0, 0.05) is 24.3 Å². The number of amides is 2. The Morgan fingerprint density at radius 2 is 2.03 bits per heavy atom. The van der Waals surface area contributed by atoms with Gasteiger partial charge in [-0.15, -0.1) is 0 Å². The minimum absolute atomic E-state index is 0.123. The lowest BCUT2D eigenvalue weighted by atomic mass is 10.0. The van der Waals surface area contributed by atoms with E-state index in [1.165, 1.54) is 20.4 Å². The molecular weight excluding hydrogens is 380 g/mol. The molecule has 2 amide bonds. The second-order valence-corrected chi connectivity index (χ2v) is 7.35. The molecule has 2 heterocycles. The predicted molar refractivity (Wildman–Crippen MR) is 100 cm³/mol. The van der Waals surface area contributed by atoms with Crippen LogP contribution in [0.3, 0.4) is 0 Å². The number of methoxy groups -OCH3 is 2. The molecule has 0 saturated carbocycles. The summed E-state index contributed by atoms with van der Waals surface area (Å²) in [5.41, 5.74) is 1.53. The highest BCUT2D eigenvalue weighted by atomic mass is 16.7. The SMILES string of the molecule is COC(=O)/C=C/N1C(=O)N(Cc2cccc3c2OC(C)(C)C3)OC1CC(=O)OC. The number of nitrogens with zero attached hydrogens (tertiary/aromatic N) is 2. The van der Waals surface area contributed by atoms with Crippen LogP contribution >= 0.6 is 0 Å². The Morgan fingerprint density at radius 3 is 2.72 bits per heavy atom. The predicted octanol–water partition coefficient (Wildman–Crippen LogP) is 2.15. The topological polar surface area (TPSA) is 94.6 Å². The molecule has 1 fully saturated rings. The summed E-state index contributed by atoms with van der Waals surface area (Å²) in [5, 5.41) is 1.14. The molecule has 156 valence electrons. The quantitative estimate of drug-likeness (QED) is 0.530. The van der Waals surface area contributed by atoms with Gasteiger partial charge in [0.05, 0.1) is 27.2 Å². The molecule has 0 N–H and O–H groups in total. The zero-order valence-electron chi connectivity index (χ0n) is 16.8. The smallest absolute Gasteiger partial charge is 0.350 e. The van der Waals surface area contributed by atoms with Gasteiger partial charge in [0.25, 0.3) is 0 Å². The average Bonchev–Trinajstić information content (AvgIpc) is 3.15. The molecule has 2 aliphatic heterocycles. The van der Waals surface area contributed by atoms with Crippen LogP contribution in [0, 0.1) is 0 Å². The molecule has 0 bridgehead atoms. The van der Waals surface area contributed by atoms with E-state index in [1.807, 2.05) is 32.0 Å². The average molecular weight is 404 g/mol. The molecule has 0 aliphatic carbocycles. The first-order valence-electron chi connectivity index (χ1n) is 9.13. The van der Waals surface area contributed by atoms with Gasteiger partial charge < -0.3 is 14.2 Å². The number of carbonyl (C=O) groups excluding carboxylic acids is 3. The Balaban J connectivity index is 1.81. The lowest BCUT2D eigenvalue weighted by Gasteiger charge is -2.19. The van der Waals surface area contributed by atoms with Gasteiger partial charge in [-0.25, -0.2) is 14.4 Å². The zero-order valence-corrected chi connectivity index (χ0v) is 16.8. The van der Waals surface area contributed by atoms with E-state index < -0.39 is 24.2 Å². The van der Waals surface area contributed by atoms with Crippen molar-refractivity contribution in [3.63, 3.8) is 0 Å². The second-order valence-electron chi connectivity index (χ2n) is 7.35. The number of rotatable bonds is 6. The number of ether oxygens (including phenoxy) is 3. The van der Waals surface area contributed by atoms with E-state index in [-0.39, 0.29) is 18.6 Å². The summed E-state index contributed by atoms with van der Waals surface area (Å²) in [5.74, 6) is -0.446. The van der Waals surface area contributed by atoms with Crippen LogP contribution in [0.25, 0.3) is 0 Å². The van der Waals surface area contributed by atoms with Gasteiger partial charge in [-0.1, -0.05) is 18.2 Å². The molecule has 1 unspecified atom stereocenters. The fraction of sp³-hybridized carbons (Fsp3) is 0.450. The summed E-state index contributed by atoms with van der Waals surface area (Å²) >= 11 is 0. The van der Waals surface area contributed by atoms with Crippen molar-refractivity contribution in [1.29, 1.82) is 0 Å². The fourth-order valence-electron chi connectivity index (χ4n) is 3.29. The van der Waals surface area contributed by atoms with Crippen LogP contribution in [-0.4, -0.2) is 54.0 Å². The number of carbonyl (C=O) groups is 3. The van der Waals surface area contributed by atoms with Crippen molar-refractivity contribution in [3.05, 3.63) is 41.6 Å². The first-order valence-corrected chi connectivity index (χ1v) is 9.13. The van der Waals surface area contributed by atoms with Crippen molar-refractivity contribution in [2.75, 3.05) is 14.2 Å². The molecule has 1 atom stereocenters. The van der Waals surface area contributed by atoms with Gasteiger partial charge in [-0.05, 0) is 19.4 Å². The molecule has 3 rings (SSSR count). The minimum atomic E-state index is -0.940. The molecule has 29 heavy (non-hydrogen) atoms. The highest BCUT2D eigenvalue weighted by molar-refractivity contribution is 5.84. The molecule has 1 aromatic carbocycles. The lowest BCUT2D eigenvalue weighted by Crippen LogP contribution is -2.32. The van der Waals surface area contributed by atoms with Gasteiger partial charge in [0.1, 0.15) is 11.4 Å². The van der Waals surface area contributed by atoms with Gasteiger partial charge in [-0.3, -0.25) is 9.69 Å². The maximum absolute atomic E-state index is 12.8. The highest BCUT2D eigenvalue weighted by Crippen LogP contribution is 2.38. The summed E-state index contributed by atoms with van der Waals surface area (Å²) in [6, 6.07) is 5.24. The molecule has 1 saturated heterocycles. The van der Waals surface area contributed by atoms with E-state index in [1.54, 1.807) is 0 Å². The summed E-state index contributed by atoms with van der Waals surface area (Å²) in [6.07, 6.45) is 1.95. The van der Waals surface area contributed by atoms with Crippen LogP contribution in [0.1, 0.15) is 31.4 Å². The number of hydroxylamine groups is 2. The van der Waals surface area contributed by atoms with Crippen LogP contribution < -0.4 is 4.74 Å². The summed E-state index contributed by atoms with van der Waals surface area (Å²) < 4.78 is 15.3. The molecular formula is C20H24N2O7. The maximum Gasteiger partial charge on any atom is 0.350 e. The monoisotopic (exact) mass is 404 g/mol. The summed E-state index contributed by atoms with van der Waals surface area (Å²) in [7, 11) is 2.47. The van der Waals surface area contributed by atoms with Crippen molar-refractivity contribution in [1.82, 2.24) is 9.96 Å². The highest BCUT2D eigenvalue weighted by Gasteiger charge is 2.40. The van der Waals surface area contributed by atoms with E-state index in [2.05, 4.69) is 9.47 Å². The van der Waals surface area contributed by atoms with Crippen LogP contribution in [0.4, 0.5) is 4.79 Å². The number of para-hydroxylation sites is 1. The first-order chi connectivity index (χ1) is 13.7. The Hall–Kier alpha value is -3.07. The van der Waals surface area contributed by atoms with Crippen LogP contribution in [0.2, 0.25) is 0 Å². The number of fused-ring (bicyclic) bond motifs is 1. The van der Waals surface area contributed by atoms with E-state index in [4.69, 9.17) is 9.57 Å². The first kappa shape index (κ1) is 20.7. The van der Waals surface area contributed by atoms with Gasteiger partial charge >= 0.3 is 18.0 Å². The van der Waals surface area contributed by atoms with Crippen LogP contribution in [-0.2, 0) is 36.9 Å². The van der Waals surface area contributed by atoms with Crippen molar-refractivity contribution in [2.24, 2.45) is 0 Å². The molecule has 2 aliphatic rings. The Kier molecular flexibility index (Phi) is 5.78. The summed E-state index contributed by atoms with van der Waals surface area (Å²) in [6.45, 7) is 4.12. The molecule has 9 heteroatoms. The van der Waals surface area contributed by atoms with E-state index in [9.17, 15) is 14.4 Å².